The molecule has 3 aromatic rings. The molecule has 8 heteroatoms. The highest BCUT2D eigenvalue weighted by Crippen LogP contribution is 2.26. The van der Waals surface area contributed by atoms with Crippen LogP contribution in [-0.2, 0) is 10.1 Å². The summed E-state index contributed by atoms with van der Waals surface area (Å²) in [7, 11) is -4.16. The fraction of sp³-hybridized carbons (Fsp3) is 0.0455. The molecule has 0 radical (unpaired) electrons. The Hall–Kier alpha value is -3.78. The molecule has 0 saturated carbocycles. The minimum absolute atomic E-state index is 0.0476. The maximum Gasteiger partial charge on any atom is 0.339 e. The first kappa shape index (κ1) is 19.5. The number of imide groups is 1. The van der Waals surface area contributed by atoms with Gasteiger partial charge in [0.1, 0.15) is 4.90 Å². The zero-order chi connectivity index (χ0) is 21.3. The molecule has 0 fully saturated rings. The molecular formula is C22H15NO6S. The Balaban J connectivity index is 1.60. The van der Waals surface area contributed by atoms with E-state index in [1.807, 2.05) is 0 Å². The SMILES string of the molecule is O=C(CN1C(=O)c2ccccc2C1=O)c1ccccc1OS(=O)(=O)c1ccccc1. The quantitative estimate of drug-likeness (QED) is 0.345. The monoisotopic (exact) mass is 421 g/mol. The van der Waals surface area contributed by atoms with E-state index in [-0.39, 0.29) is 27.3 Å². The standard InChI is InChI=1S/C22H15NO6S/c24-19(14-23-21(25)16-10-4-5-11-17(16)22(23)26)18-12-6-7-13-20(18)29-30(27,28)15-8-2-1-3-9-15/h1-13H,14H2. The summed E-state index contributed by atoms with van der Waals surface area (Å²) in [6.07, 6.45) is 0. The van der Waals surface area contributed by atoms with Crippen LogP contribution in [0.5, 0.6) is 5.75 Å². The molecule has 0 aliphatic carbocycles. The zero-order valence-corrected chi connectivity index (χ0v) is 16.3. The van der Waals surface area contributed by atoms with E-state index >= 15 is 0 Å². The van der Waals surface area contributed by atoms with Crippen LogP contribution in [0.4, 0.5) is 0 Å². The molecule has 0 bridgehead atoms. The first-order chi connectivity index (χ1) is 14.4. The summed E-state index contributed by atoms with van der Waals surface area (Å²) in [5.41, 5.74) is 0.409. The lowest BCUT2D eigenvalue weighted by Crippen LogP contribution is -2.35. The van der Waals surface area contributed by atoms with E-state index in [2.05, 4.69) is 0 Å². The van der Waals surface area contributed by atoms with Crippen LogP contribution in [-0.4, -0.2) is 37.5 Å². The Morgan fingerprint density at radius 2 is 1.30 bits per heavy atom. The molecule has 0 spiro atoms. The van der Waals surface area contributed by atoms with Crippen molar-refractivity contribution in [3.05, 3.63) is 95.6 Å². The third kappa shape index (κ3) is 3.48. The third-order valence-electron chi connectivity index (χ3n) is 4.60. The highest BCUT2D eigenvalue weighted by Gasteiger charge is 2.36. The number of hydrogen-bond donors (Lipinski definition) is 0. The molecule has 0 unspecified atom stereocenters. The maximum absolute atomic E-state index is 12.9. The Labute approximate surface area is 172 Å². The predicted molar refractivity (Wildman–Crippen MR) is 107 cm³/mol. The number of para-hydroxylation sites is 1. The Kier molecular flexibility index (Phi) is 4.93. The van der Waals surface area contributed by atoms with Crippen molar-refractivity contribution in [2.75, 3.05) is 6.54 Å². The second-order valence-corrected chi connectivity index (χ2v) is 8.06. The van der Waals surface area contributed by atoms with E-state index < -0.39 is 34.3 Å². The van der Waals surface area contributed by atoms with Gasteiger partial charge in [-0.3, -0.25) is 19.3 Å². The number of carbonyl (C=O) groups is 3. The van der Waals surface area contributed by atoms with Gasteiger partial charge in [-0.15, -0.1) is 0 Å². The van der Waals surface area contributed by atoms with Crippen LogP contribution in [0.25, 0.3) is 0 Å². The van der Waals surface area contributed by atoms with Gasteiger partial charge in [-0.05, 0) is 36.4 Å². The van der Waals surface area contributed by atoms with E-state index in [0.29, 0.717) is 0 Å². The summed E-state index contributed by atoms with van der Waals surface area (Å²) in [4.78, 5) is 38.6. The molecule has 0 atom stereocenters. The van der Waals surface area contributed by atoms with Gasteiger partial charge in [0.25, 0.3) is 11.8 Å². The van der Waals surface area contributed by atoms with Crippen LogP contribution in [0.15, 0.2) is 83.8 Å². The predicted octanol–water partition coefficient (Wildman–Crippen LogP) is 2.93. The van der Waals surface area contributed by atoms with Crippen LogP contribution in [0.1, 0.15) is 31.1 Å². The number of rotatable bonds is 6. The van der Waals surface area contributed by atoms with Gasteiger partial charge in [-0.25, -0.2) is 0 Å². The van der Waals surface area contributed by atoms with Gasteiger partial charge in [-0.2, -0.15) is 8.42 Å². The Morgan fingerprint density at radius 1 is 0.767 bits per heavy atom. The van der Waals surface area contributed by atoms with Crippen molar-refractivity contribution in [1.82, 2.24) is 4.90 Å². The van der Waals surface area contributed by atoms with Crippen molar-refractivity contribution in [2.24, 2.45) is 0 Å². The lowest BCUT2D eigenvalue weighted by atomic mass is 10.1. The first-order valence-corrected chi connectivity index (χ1v) is 10.4. The van der Waals surface area contributed by atoms with Crippen molar-refractivity contribution < 1.29 is 27.0 Å². The summed E-state index contributed by atoms with van der Waals surface area (Å²) >= 11 is 0. The molecule has 150 valence electrons. The molecule has 0 N–H and O–H groups in total. The van der Waals surface area contributed by atoms with Crippen LogP contribution in [0.2, 0.25) is 0 Å². The molecule has 2 amide bonds. The Morgan fingerprint density at radius 3 is 1.93 bits per heavy atom. The van der Waals surface area contributed by atoms with Gasteiger partial charge in [0.15, 0.2) is 11.5 Å². The molecule has 3 aromatic carbocycles. The van der Waals surface area contributed by atoms with Gasteiger partial charge in [0, 0.05) is 0 Å². The Bertz CT molecular complexity index is 1230. The van der Waals surface area contributed by atoms with Crippen LogP contribution < -0.4 is 4.18 Å². The number of Topliss-reactive ketones (excluding diaryl/α,β-unsaturated/α-hetero) is 1. The van der Waals surface area contributed by atoms with Gasteiger partial charge in [0.05, 0.1) is 23.2 Å². The highest BCUT2D eigenvalue weighted by molar-refractivity contribution is 7.87. The van der Waals surface area contributed by atoms with Crippen molar-refractivity contribution in [3.63, 3.8) is 0 Å². The molecule has 4 rings (SSSR count). The smallest absolute Gasteiger partial charge is 0.339 e. The lowest BCUT2D eigenvalue weighted by molar-refractivity contribution is 0.0623. The number of benzene rings is 3. The molecular weight excluding hydrogens is 406 g/mol. The zero-order valence-electron chi connectivity index (χ0n) is 15.5. The summed E-state index contributed by atoms with van der Waals surface area (Å²) < 4.78 is 30.2. The van der Waals surface area contributed by atoms with E-state index in [4.69, 9.17) is 4.18 Å². The van der Waals surface area contributed by atoms with Gasteiger partial charge < -0.3 is 4.18 Å². The first-order valence-electron chi connectivity index (χ1n) is 8.95. The van der Waals surface area contributed by atoms with Gasteiger partial charge in [-0.1, -0.05) is 42.5 Å². The fourth-order valence-electron chi connectivity index (χ4n) is 3.13. The van der Waals surface area contributed by atoms with Crippen LogP contribution in [0, 0.1) is 0 Å². The van der Waals surface area contributed by atoms with Crippen molar-refractivity contribution in [1.29, 1.82) is 0 Å². The summed E-state index contributed by atoms with van der Waals surface area (Å²) in [6.45, 7) is -0.530. The summed E-state index contributed by atoms with van der Waals surface area (Å²) in [5, 5.41) is 0. The van der Waals surface area contributed by atoms with E-state index in [0.717, 1.165) is 4.90 Å². The van der Waals surface area contributed by atoms with E-state index in [1.165, 1.54) is 48.5 Å². The molecule has 0 saturated heterocycles. The molecule has 30 heavy (non-hydrogen) atoms. The van der Waals surface area contributed by atoms with Crippen LogP contribution >= 0.6 is 0 Å². The molecule has 1 aliphatic heterocycles. The minimum Gasteiger partial charge on any atom is -0.378 e. The van der Waals surface area contributed by atoms with E-state index in [9.17, 15) is 22.8 Å². The van der Waals surface area contributed by atoms with Crippen LogP contribution in [0.3, 0.4) is 0 Å². The normalized spacial score (nSPS) is 13.3. The van der Waals surface area contributed by atoms with Crippen molar-refractivity contribution in [2.45, 2.75) is 4.90 Å². The average molecular weight is 421 g/mol. The molecule has 1 heterocycles. The van der Waals surface area contributed by atoms with E-state index in [1.54, 1.807) is 30.3 Å². The number of nitrogens with zero attached hydrogens (tertiary/aromatic N) is 1. The van der Waals surface area contributed by atoms with Gasteiger partial charge in [0.2, 0.25) is 0 Å². The maximum atomic E-state index is 12.9. The molecule has 7 nitrogen and oxygen atoms in total. The second-order valence-electron chi connectivity index (χ2n) is 6.51. The van der Waals surface area contributed by atoms with Crippen molar-refractivity contribution in [3.8, 4) is 5.75 Å². The van der Waals surface area contributed by atoms with Gasteiger partial charge >= 0.3 is 10.1 Å². The summed E-state index contributed by atoms with van der Waals surface area (Å²) in [6, 6.07) is 19.6. The fourth-order valence-corrected chi connectivity index (χ4v) is 4.10. The lowest BCUT2D eigenvalue weighted by Gasteiger charge is -2.15. The topological polar surface area (TPSA) is 97.8 Å². The number of carbonyl (C=O) groups excluding carboxylic acids is 3. The molecule has 0 aromatic heterocycles. The summed E-state index contributed by atoms with van der Waals surface area (Å²) in [5.74, 6) is -1.94. The van der Waals surface area contributed by atoms with Crippen molar-refractivity contribution >= 4 is 27.7 Å². The number of ketones is 1. The highest BCUT2D eigenvalue weighted by atomic mass is 32.2. The number of fused-ring (bicyclic) bond motifs is 1. The third-order valence-corrected chi connectivity index (χ3v) is 5.85. The second kappa shape index (κ2) is 7.57. The number of amides is 2. The largest absolute Gasteiger partial charge is 0.378 e. The minimum atomic E-state index is -4.16. The number of hydrogen-bond acceptors (Lipinski definition) is 6. The average Bonchev–Trinajstić information content (AvgIpc) is 2.99. The molecule has 1 aliphatic rings.